The molecule has 2 aromatic carbocycles. The molecular weight excluding hydrogens is 533 g/mol. The van der Waals surface area contributed by atoms with E-state index in [0.717, 1.165) is 10.5 Å². The number of ether oxygens (including phenoxy) is 2. The molecule has 1 aliphatic heterocycles. The maximum atomic E-state index is 12.8. The van der Waals surface area contributed by atoms with Crippen molar-refractivity contribution in [3.05, 3.63) is 70.3 Å². The van der Waals surface area contributed by atoms with Crippen LogP contribution in [-0.4, -0.2) is 64.8 Å². The fourth-order valence-electron chi connectivity index (χ4n) is 3.97. The number of carbonyl (C=O) groups is 1. The monoisotopic (exact) mass is 566 g/mol. The van der Waals surface area contributed by atoms with Gasteiger partial charge in [0.15, 0.2) is 6.10 Å². The molecule has 1 unspecified atom stereocenters. The molecule has 0 aliphatic carbocycles. The van der Waals surface area contributed by atoms with E-state index in [1.54, 1.807) is 12.1 Å². The summed E-state index contributed by atoms with van der Waals surface area (Å²) in [6.07, 6.45) is -0.936. The highest BCUT2D eigenvalue weighted by molar-refractivity contribution is 7.97. The number of hydrogen-bond donors (Lipinski definition) is 2. The Kier molecular flexibility index (Phi) is 11.9. The molecule has 1 fully saturated rings. The molecular formula is C25H33N3O8PS+. The molecule has 0 saturated carbocycles. The van der Waals surface area contributed by atoms with Gasteiger partial charge in [0.1, 0.15) is 6.10 Å². The third kappa shape index (κ3) is 10.3. The summed E-state index contributed by atoms with van der Waals surface area (Å²) >= 11 is 1.36. The van der Waals surface area contributed by atoms with Gasteiger partial charge in [-0.25, -0.2) is 9.10 Å². The Morgan fingerprint density at radius 3 is 2.53 bits per heavy atom. The minimum Gasteiger partial charge on any atom is -0.444 e. The van der Waals surface area contributed by atoms with Crippen molar-refractivity contribution >= 4 is 32.0 Å². The van der Waals surface area contributed by atoms with Crippen molar-refractivity contribution in [3.63, 3.8) is 0 Å². The van der Waals surface area contributed by atoms with Crippen LogP contribution in [0.3, 0.4) is 0 Å². The van der Waals surface area contributed by atoms with Gasteiger partial charge in [-0.15, -0.1) is 9.42 Å². The van der Waals surface area contributed by atoms with E-state index in [4.69, 9.17) is 14.0 Å². The van der Waals surface area contributed by atoms with E-state index in [1.807, 2.05) is 48.5 Å². The first kappa shape index (κ1) is 29.9. The van der Waals surface area contributed by atoms with Gasteiger partial charge in [-0.05, 0) is 42.0 Å². The van der Waals surface area contributed by atoms with E-state index in [-0.39, 0.29) is 24.3 Å². The number of nitrogens with one attached hydrogen (secondary N) is 1. The van der Waals surface area contributed by atoms with Gasteiger partial charge < -0.3 is 14.8 Å². The van der Waals surface area contributed by atoms with Crippen LogP contribution in [0.4, 0.5) is 10.5 Å². The number of nitro benzene ring substituents is 1. The van der Waals surface area contributed by atoms with Gasteiger partial charge >= 0.3 is 14.3 Å². The highest BCUT2D eigenvalue weighted by Crippen LogP contribution is 2.29. The van der Waals surface area contributed by atoms with Crippen molar-refractivity contribution in [2.75, 3.05) is 26.3 Å². The minimum absolute atomic E-state index is 0.0125. The maximum Gasteiger partial charge on any atom is 0.695 e. The number of non-ortho nitro benzene ring substituents is 1. The second-order valence-electron chi connectivity index (χ2n) is 9.30. The first-order valence-corrected chi connectivity index (χ1v) is 14.2. The number of rotatable bonds is 14. The van der Waals surface area contributed by atoms with Gasteiger partial charge in [0.2, 0.25) is 0 Å². The van der Waals surface area contributed by atoms with E-state index >= 15 is 0 Å². The van der Waals surface area contributed by atoms with Gasteiger partial charge in [-0.3, -0.25) is 10.1 Å². The number of alkyl carbamates (subject to hydrolysis) is 1. The normalized spacial score (nSPS) is 17.3. The molecule has 0 aromatic heterocycles. The summed E-state index contributed by atoms with van der Waals surface area (Å²) in [5.41, 5.74) is 0.892. The molecule has 1 amide bonds. The van der Waals surface area contributed by atoms with Crippen LogP contribution in [0.1, 0.15) is 25.8 Å². The molecule has 0 radical (unpaired) electrons. The molecule has 206 valence electrons. The van der Waals surface area contributed by atoms with E-state index in [1.165, 1.54) is 24.1 Å². The predicted molar refractivity (Wildman–Crippen MR) is 143 cm³/mol. The van der Waals surface area contributed by atoms with E-state index in [9.17, 15) is 24.4 Å². The molecule has 3 rings (SSSR count). The van der Waals surface area contributed by atoms with Crippen molar-refractivity contribution in [3.8, 4) is 0 Å². The van der Waals surface area contributed by atoms with Gasteiger partial charge in [0, 0.05) is 41.1 Å². The average Bonchev–Trinajstić information content (AvgIpc) is 3.36. The summed E-state index contributed by atoms with van der Waals surface area (Å²) in [6.45, 7) is 5.69. The number of carbonyl (C=O) groups excluding carboxylic acids is 1. The van der Waals surface area contributed by atoms with Gasteiger partial charge in [-0.2, -0.15) is 0 Å². The second kappa shape index (κ2) is 15.1. The highest BCUT2D eigenvalue weighted by atomic mass is 32.2. The molecule has 4 atom stereocenters. The maximum absolute atomic E-state index is 12.8. The lowest BCUT2D eigenvalue weighted by Gasteiger charge is -2.30. The largest absolute Gasteiger partial charge is 0.695 e. The van der Waals surface area contributed by atoms with Crippen LogP contribution in [0.25, 0.3) is 0 Å². The zero-order valence-corrected chi connectivity index (χ0v) is 23.0. The summed E-state index contributed by atoms with van der Waals surface area (Å²) < 4.78 is 30.1. The highest BCUT2D eigenvalue weighted by Gasteiger charge is 2.35. The Hall–Kier alpha value is -2.60. The third-order valence-electron chi connectivity index (χ3n) is 5.67. The van der Waals surface area contributed by atoms with E-state index in [2.05, 4.69) is 5.32 Å². The minimum atomic E-state index is -2.98. The van der Waals surface area contributed by atoms with Crippen molar-refractivity contribution in [1.82, 2.24) is 9.62 Å². The van der Waals surface area contributed by atoms with E-state index in [0.29, 0.717) is 32.6 Å². The SMILES string of the molecule is CC(C)CN(C[C@@H](O[P+](=O)O)[C@H](Cc1ccccc1)NC(=O)O[C@H]1CCOC1)Sc1ccc([N+](=O)[O-])cc1. The predicted octanol–water partition coefficient (Wildman–Crippen LogP) is 4.72. The Morgan fingerprint density at radius 2 is 1.95 bits per heavy atom. The van der Waals surface area contributed by atoms with Crippen LogP contribution in [0.2, 0.25) is 0 Å². The van der Waals surface area contributed by atoms with Crippen LogP contribution >= 0.6 is 20.2 Å². The van der Waals surface area contributed by atoms with Crippen LogP contribution in [0.15, 0.2) is 59.5 Å². The number of amides is 1. The number of benzene rings is 2. The lowest BCUT2D eigenvalue weighted by Crippen LogP contribution is -2.50. The van der Waals surface area contributed by atoms with Crippen molar-refractivity contribution in [2.24, 2.45) is 5.92 Å². The lowest BCUT2D eigenvalue weighted by molar-refractivity contribution is -0.384. The third-order valence-corrected chi connectivity index (χ3v) is 7.16. The molecule has 1 aliphatic rings. The number of nitro groups is 1. The van der Waals surface area contributed by atoms with Gasteiger partial charge in [0.25, 0.3) is 5.69 Å². The fraction of sp³-hybridized carbons (Fsp3) is 0.480. The molecule has 1 heterocycles. The van der Waals surface area contributed by atoms with Crippen LogP contribution in [0.5, 0.6) is 0 Å². The van der Waals surface area contributed by atoms with Crippen LogP contribution in [-0.2, 0) is 25.0 Å². The van der Waals surface area contributed by atoms with Crippen molar-refractivity contribution < 1.29 is 33.2 Å². The average molecular weight is 567 g/mol. The number of nitrogens with zero attached hydrogens (tertiary/aromatic N) is 2. The Balaban J connectivity index is 1.82. The smallest absolute Gasteiger partial charge is 0.444 e. The lowest BCUT2D eigenvalue weighted by atomic mass is 10.0. The number of hydrogen-bond acceptors (Lipinski definition) is 9. The van der Waals surface area contributed by atoms with Crippen molar-refractivity contribution in [2.45, 2.75) is 49.8 Å². The summed E-state index contributed by atoms with van der Waals surface area (Å²) in [4.78, 5) is 33.8. The Morgan fingerprint density at radius 1 is 1.24 bits per heavy atom. The zero-order valence-electron chi connectivity index (χ0n) is 21.3. The fourth-order valence-corrected chi connectivity index (χ4v) is 5.57. The molecule has 2 N–H and O–H groups in total. The quantitative estimate of drug-likeness (QED) is 0.143. The summed E-state index contributed by atoms with van der Waals surface area (Å²) in [7, 11) is -2.98. The van der Waals surface area contributed by atoms with Crippen LogP contribution in [0, 0.1) is 16.0 Å². The summed E-state index contributed by atoms with van der Waals surface area (Å²) in [5, 5.41) is 13.9. The topological polar surface area (TPSA) is 140 Å². The Labute approximate surface area is 227 Å². The molecule has 11 nitrogen and oxygen atoms in total. The van der Waals surface area contributed by atoms with Crippen molar-refractivity contribution in [1.29, 1.82) is 0 Å². The molecule has 0 bridgehead atoms. The summed E-state index contributed by atoms with van der Waals surface area (Å²) in [5.74, 6) is 0.233. The second-order valence-corrected chi connectivity index (χ2v) is 11.2. The molecule has 0 spiro atoms. The molecule has 1 saturated heterocycles. The standard InChI is InChI=1S/C25H32N3O8PS/c1-18(2)15-27(38-22-10-8-20(9-11-22)28(30)31)16-24(36-37(32)33)23(14-19-6-4-3-5-7-19)26-25(29)35-21-12-13-34-17-21/h3-11,18,21,23-24H,12-17H2,1-2H3,(H-,26,29,32,33)/p+1/t21-,23-,24+/m0/s1. The Bertz CT molecular complexity index is 1050. The van der Waals surface area contributed by atoms with Gasteiger partial charge in [0.05, 0.1) is 24.2 Å². The first-order chi connectivity index (χ1) is 18.2. The molecule has 38 heavy (non-hydrogen) atoms. The van der Waals surface area contributed by atoms with E-state index < -0.39 is 31.4 Å². The van der Waals surface area contributed by atoms with Crippen LogP contribution < -0.4 is 5.32 Å². The zero-order chi connectivity index (χ0) is 27.5. The molecule has 13 heteroatoms. The summed E-state index contributed by atoms with van der Waals surface area (Å²) in [6, 6.07) is 14.9. The first-order valence-electron chi connectivity index (χ1n) is 12.3. The van der Waals surface area contributed by atoms with Gasteiger partial charge in [-0.1, -0.05) is 44.2 Å². The molecule has 2 aromatic rings.